The molecule has 0 aromatic heterocycles. The van der Waals surface area contributed by atoms with Gasteiger partial charge in [-0.2, -0.15) is 4.99 Å². The van der Waals surface area contributed by atoms with E-state index in [2.05, 4.69) is 11.6 Å². The molecule has 1 aromatic rings. The molecule has 7 heteroatoms. The highest BCUT2D eigenvalue weighted by Gasteiger charge is 2.30. The third-order valence-electron chi connectivity index (χ3n) is 2.87. The molecule has 1 heterocycles. The van der Waals surface area contributed by atoms with E-state index in [4.69, 9.17) is 11.5 Å². The van der Waals surface area contributed by atoms with Crippen molar-refractivity contribution in [2.45, 2.75) is 11.8 Å². The molecule has 0 unspecified atom stereocenters. The van der Waals surface area contributed by atoms with Gasteiger partial charge in [0.25, 0.3) is 5.91 Å². The summed E-state index contributed by atoms with van der Waals surface area (Å²) < 4.78 is 23.8. The number of hydrogen-bond acceptors (Lipinski definition) is 3. The van der Waals surface area contributed by atoms with Gasteiger partial charge in [-0.05, 0) is 35.8 Å². The van der Waals surface area contributed by atoms with Crippen LogP contribution in [-0.4, -0.2) is 26.0 Å². The zero-order chi connectivity index (χ0) is 14.4. The first-order valence-corrected chi connectivity index (χ1v) is 7.07. The maximum absolute atomic E-state index is 11.9. The molecule has 0 saturated heterocycles. The SMILES string of the molecule is C=C1CS(=O)(=O)c2cc(C(=O)N=C(N)N)c(C)cc21. The van der Waals surface area contributed by atoms with Gasteiger partial charge in [0.1, 0.15) is 0 Å². The van der Waals surface area contributed by atoms with Crippen LogP contribution in [0.4, 0.5) is 0 Å². The van der Waals surface area contributed by atoms with Crippen LogP contribution in [0.5, 0.6) is 0 Å². The molecule has 19 heavy (non-hydrogen) atoms. The van der Waals surface area contributed by atoms with Gasteiger partial charge in [-0.1, -0.05) is 6.58 Å². The topological polar surface area (TPSA) is 116 Å². The van der Waals surface area contributed by atoms with Gasteiger partial charge < -0.3 is 11.5 Å². The minimum absolute atomic E-state index is 0.109. The quantitative estimate of drug-likeness (QED) is 0.563. The molecule has 0 bridgehead atoms. The first-order chi connectivity index (χ1) is 8.72. The zero-order valence-electron chi connectivity index (χ0n) is 10.3. The normalized spacial score (nSPS) is 15.9. The fraction of sp³-hybridized carbons (Fsp3) is 0.167. The Morgan fingerprint density at radius 3 is 2.58 bits per heavy atom. The predicted octanol–water partition coefficient (Wildman–Crippen LogP) is 0.209. The summed E-state index contributed by atoms with van der Waals surface area (Å²) in [5.74, 6) is -1.15. The minimum atomic E-state index is -3.42. The molecule has 4 N–H and O–H groups in total. The summed E-state index contributed by atoms with van der Waals surface area (Å²) in [5, 5.41) is 0. The van der Waals surface area contributed by atoms with Crippen molar-refractivity contribution in [3.8, 4) is 0 Å². The van der Waals surface area contributed by atoms with Gasteiger partial charge in [-0.3, -0.25) is 4.79 Å². The lowest BCUT2D eigenvalue weighted by Crippen LogP contribution is -2.24. The molecule has 100 valence electrons. The number of amides is 1. The van der Waals surface area contributed by atoms with Crippen LogP contribution in [0.25, 0.3) is 5.57 Å². The second-order valence-corrected chi connectivity index (χ2v) is 6.33. The monoisotopic (exact) mass is 279 g/mol. The largest absolute Gasteiger partial charge is 0.370 e. The smallest absolute Gasteiger partial charge is 0.280 e. The molecule has 0 fully saturated rings. The van der Waals surface area contributed by atoms with E-state index >= 15 is 0 Å². The van der Waals surface area contributed by atoms with Gasteiger partial charge in [-0.15, -0.1) is 0 Å². The van der Waals surface area contributed by atoms with Crippen molar-refractivity contribution in [2.24, 2.45) is 16.5 Å². The Labute approximate surface area is 110 Å². The average Bonchev–Trinajstić information content (AvgIpc) is 2.47. The van der Waals surface area contributed by atoms with Crippen LogP contribution in [-0.2, 0) is 9.84 Å². The highest BCUT2D eigenvalue weighted by molar-refractivity contribution is 7.92. The molecule has 0 aliphatic carbocycles. The first kappa shape index (κ1) is 13.3. The van der Waals surface area contributed by atoms with Gasteiger partial charge in [0, 0.05) is 5.56 Å². The van der Waals surface area contributed by atoms with E-state index < -0.39 is 15.7 Å². The van der Waals surface area contributed by atoms with Crippen molar-refractivity contribution < 1.29 is 13.2 Å². The van der Waals surface area contributed by atoms with Crippen molar-refractivity contribution in [2.75, 3.05) is 5.75 Å². The highest BCUT2D eigenvalue weighted by Crippen LogP contribution is 2.35. The van der Waals surface area contributed by atoms with Gasteiger partial charge in [-0.25, -0.2) is 8.42 Å². The number of aryl methyl sites for hydroxylation is 1. The Hall–Kier alpha value is -2.15. The number of carbonyl (C=O) groups is 1. The molecule has 1 amide bonds. The van der Waals surface area contributed by atoms with Crippen molar-refractivity contribution in [3.63, 3.8) is 0 Å². The lowest BCUT2D eigenvalue weighted by molar-refractivity contribution is 0.100. The molecule has 1 aliphatic heterocycles. The Morgan fingerprint density at radius 1 is 1.37 bits per heavy atom. The summed E-state index contributed by atoms with van der Waals surface area (Å²) in [7, 11) is -3.42. The van der Waals surface area contributed by atoms with Crippen LogP contribution in [0, 0.1) is 6.92 Å². The van der Waals surface area contributed by atoms with E-state index in [0.717, 1.165) is 0 Å². The third kappa shape index (κ3) is 2.24. The van der Waals surface area contributed by atoms with E-state index in [-0.39, 0.29) is 22.2 Å². The Bertz CT molecular complexity index is 729. The van der Waals surface area contributed by atoms with Crippen LogP contribution in [0.1, 0.15) is 21.5 Å². The molecule has 6 nitrogen and oxygen atoms in total. The summed E-state index contributed by atoms with van der Waals surface area (Å²) in [6.07, 6.45) is 0. The number of aliphatic imine (C=N–C) groups is 1. The average molecular weight is 279 g/mol. The maximum atomic E-state index is 11.9. The molecular weight excluding hydrogens is 266 g/mol. The van der Waals surface area contributed by atoms with Crippen molar-refractivity contribution in [1.29, 1.82) is 0 Å². The lowest BCUT2D eigenvalue weighted by atomic mass is 10.0. The summed E-state index contributed by atoms with van der Waals surface area (Å²) in [6, 6.07) is 2.94. The standard InChI is InChI=1S/C12H13N3O3S/c1-6-3-8-7(2)5-19(17,18)10(8)4-9(6)11(16)15-12(13)14/h3-4H,2,5H2,1H3,(H4,13,14,15,16). The Morgan fingerprint density at radius 2 is 2.00 bits per heavy atom. The molecule has 1 aromatic carbocycles. The number of guanidine groups is 1. The number of fused-ring (bicyclic) bond motifs is 1. The predicted molar refractivity (Wildman–Crippen MR) is 72.4 cm³/mol. The van der Waals surface area contributed by atoms with Crippen molar-refractivity contribution in [3.05, 3.63) is 35.4 Å². The van der Waals surface area contributed by atoms with Crippen molar-refractivity contribution in [1.82, 2.24) is 0 Å². The van der Waals surface area contributed by atoms with Gasteiger partial charge in [0.15, 0.2) is 15.8 Å². The summed E-state index contributed by atoms with van der Waals surface area (Å²) >= 11 is 0. The van der Waals surface area contributed by atoms with Crippen LogP contribution in [0.15, 0.2) is 28.6 Å². The molecule has 2 rings (SSSR count). The summed E-state index contributed by atoms with van der Waals surface area (Å²) in [5.41, 5.74) is 12.1. The lowest BCUT2D eigenvalue weighted by Gasteiger charge is -2.06. The number of nitrogens with two attached hydrogens (primary N) is 2. The molecule has 0 saturated carbocycles. The Kier molecular flexibility index (Phi) is 2.94. The number of sulfone groups is 1. The van der Waals surface area contributed by atoms with Crippen LogP contribution in [0.2, 0.25) is 0 Å². The van der Waals surface area contributed by atoms with Gasteiger partial charge in [0.05, 0.1) is 10.6 Å². The van der Waals surface area contributed by atoms with Gasteiger partial charge in [0.2, 0.25) is 0 Å². The van der Waals surface area contributed by atoms with Crippen LogP contribution in [0.3, 0.4) is 0 Å². The van der Waals surface area contributed by atoms with Gasteiger partial charge >= 0.3 is 0 Å². The fourth-order valence-corrected chi connectivity index (χ4v) is 3.62. The second-order valence-electron chi connectivity index (χ2n) is 4.37. The number of benzene rings is 1. The second kappa shape index (κ2) is 4.20. The van der Waals surface area contributed by atoms with Crippen LogP contribution >= 0.6 is 0 Å². The van der Waals surface area contributed by atoms with E-state index in [1.807, 2.05) is 0 Å². The molecule has 0 spiro atoms. The molecule has 1 aliphatic rings. The fourth-order valence-electron chi connectivity index (χ4n) is 2.01. The number of rotatable bonds is 1. The first-order valence-electron chi connectivity index (χ1n) is 5.42. The number of nitrogens with zero attached hydrogens (tertiary/aromatic N) is 1. The summed E-state index contributed by atoms with van der Waals surface area (Å²) in [4.78, 5) is 15.3. The Balaban J connectivity index is 2.66. The van der Waals surface area contributed by atoms with E-state index in [1.165, 1.54) is 6.07 Å². The molecule has 0 radical (unpaired) electrons. The molecule has 0 atom stereocenters. The van der Waals surface area contributed by atoms with E-state index in [0.29, 0.717) is 16.7 Å². The number of hydrogen-bond donors (Lipinski definition) is 2. The number of carbonyl (C=O) groups excluding carboxylic acids is 1. The molecular formula is C12H13N3O3S. The van der Waals surface area contributed by atoms with E-state index in [9.17, 15) is 13.2 Å². The third-order valence-corrected chi connectivity index (χ3v) is 4.60. The maximum Gasteiger partial charge on any atom is 0.280 e. The van der Waals surface area contributed by atoms with Crippen molar-refractivity contribution >= 4 is 27.3 Å². The summed E-state index contributed by atoms with van der Waals surface area (Å²) in [6.45, 7) is 5.41. The van der Waals surface area contributed by atoms with Crippen LogP contribution < -0.4 is 11.5 Å². The van der Waals surface area contributed by atoms with E-state index in [1.54, 1.807) is 13.0 Å². The minimum Gasteiger partial charge on any atom is -0.370 e. The highest BCUT2D eigenvalue weighted by atomic mass is 32.2. The zero-order valence-corrected chi connectivity index (χ0v) is 11.1.